The molecule has 3 aromatic rings. The van der Waals surface area contributed by atoms with Gasteiger partial charge in [0.2, 0.25) is 0 Å². The van der Waals surface area contributed by atoms with Gasteiger partial charge < -0.3 is 9.64 Å². The van der Waals surface area contributed by atoms with E-state index in [1.165, 1.54) is 11.3 Å². The Bertz CT molecular complexity index is 940. The number of rotatable bonds is 9. The van der Waals surface area contributed by atoms with E-state index in [9.17, 15) is 4.79 Å². The van der Waals surface area contributed by atoms with Crippen molar-refractivity contribution >= 4 is 45.0 Å². The Kier molecular flexibility index (Phi) is 8.43. The molecule has 0 aliphatic heterocycles. The molecule has 29 heavy (non-hydrogen) atoms. The van der Waals surface area contributed by atoms with Crippen LogP contribution in [0.4, 0.5) is 5.13 Å². The molecule has 0 saturated carbocycles. The Balaban J connectivity index is 0.00000300. The van der Waals surface area contributed by atoms with Gasteiger partial charge in [0.05, 0.1) is 16.8 Å². The molecule has 0 spiro atoms. The fourth-order valence-corrected chi connectivity index (χ4v) is 4.02. The number of benzene rings is 1. The van der Waals surface area contributed by atoms with Crippen molar-refractivity contribution in [3.8, 4) is 5.75 Å². The van der Waals surface area contributed by atoms with Crippen LogP contribution in [0.2, 0.25) is 0 Å². The zero-order valence-corrected chi connectivity index (χ0v) is 18.9. The van der Waals surface area contributed by atoms with Crippen molar-refractivity contribution in [3.05, 3.63) is 36.2 Å². The number of hydrogen-bond donors (Lipinski definition) is 0. The lowest BCUT2D eigenvalue weighted by Gasteiger charge is -2.21. The summed E-state index contributed by atoms with van der Waals surface area (Å²) >= 11 is 1.51. The second-order valence-corrected chi connectivity index (χ2v) is 7.71. The van der Waals surface area contributed by atoms with E-state index in [1.807, 2.05) is 46.1 Å². The summed E-state index contributed by atoms with van der Waals surface area (Å²) < 4.78 is 8.33. The standard InChI is InChI=1S/C20H27N5O2S.ClH/c1-5-25-17(10-11-21-25)19(26)24(13-7-12-23(3)4)20-22-16-9-8-15(27-6-2)14-18(16)28-20;/h8-11,14H,5-7,12-13H2,1-4H3;1H. The van der Waals surface area contributed by atoms with Crippen LogP contribution in [0.3, 0.4) is 0 Å². The number of fused-ring (bicyclic) bond motifs is 1. The van der Waals surface area contributed by atoms with E-state index in [-0.39, 0.29) is 18.3 Å². The number of thiazole rings is 1. The Hall–Kier alpha value is -2.16. The van der Waals surface area contributed by atoms with Crippen molar-refractivity contribution in [2.24, 2.45) is 0 Å². The highest BCUT2D eigenvalue weighted by molar-refractivity contribution is 7.22. The zero-order chi connectivity index (χ0) is 20.1. The van der Waals surface area contributed by atoms with Crippen LogP contribution in [0.1, 0.15) is 30.8 Å². The lowest BCUT2D eigenvalue weighted by molar-refractivity contribution is 0.0975. The van der Waals surface area contributed by atoms with Crippen LogP contribution in [0.25, 0.3) is 10.2 Å². The highest BCUT2D eigenvalue weighted by Crippen LogP contribution is 2.32. The van der Waals surface area contributed by atoms with E-state index in [4.69, 9.17) is 9.72 Å². The summed E-state index contributed by atoms with van der Waals surface area (Å²) in [7, 11) is 4.07. The molecule has 3 rings (SSSR count). The Morgan fingerprint density at radius 2 is 2.00 bits per heavy atom. The van der Waals surface area contributed by atoms with E-state index in [0.717, 1.165) is 28.9 Å². The maximum Gasteiger partial charge on any atom is 0.278 e. The number of halogens is 1. The van der Waals surface area contributed by atoms with Crippen LogP contribution in [0.5, 0.6) is 5.75 Å². The van der Waals surface area contributed by atoms with Gasteiger partial charge in [-0.05, 0) is 65.2 Å². The lowest BCUT2D eigenvalue weighted by Crippen LogP contribution is -2.34. The molecule has 0 radical (unpaired) electrons. The molecule has 0 saturated heterocycles. The third kappa shape index (κ3) is 5.46. The first-order chi connectivity index (χ1) is 13.5. The summed E-state index contributed by atoms with van der Waals surface area (Å²) in [5, 5.41) is 4.95. The van der Waals surface area contributed by atoms with Gasteiger partial charge in [0.1, 0.15) is 11.4 Å². The topological polar surface area (TPSA) is 63.5 Å². The molecule has 0 fully saturated rings. The average molecular weight is 438 g/mol. The Labute approximate surface area is 181 Å². The minimum absolute atomic E-state index is 0. The molecule has 2 heterocycles. The molecule has 2 aromatic heterocycles. The van der Waals surface area contributed by atoms with E-state index in [0.29, 0.717) is 30.5 Å². The monoisotopic (exact) mass is 437 g/mol. The van der Waals surface area contributed by atoms with Gasteiger partial charge in [-0.2, -0.15) is 5.10 Å². The SMILES string of the molecule is CCOc1ccc2nc(N(CCCN(C)C)C(=O)c3ccnn3CC)sc2c1.Cl. The van der Waals surface area contributed by atoms with Gasteiger partial charge in [0.25, 0.3) is 5.91 Å². The van der Waals surface area contributed by atoms with Crippen LogP contribution >= 0.6 is 23.7 Å². The number of aromatic nitrogens is 3. The molecule has 0 aliphatic carbocycles. The van der Waals surface area contributed by atoms with Gasteiger partial charge in [0, 0.05) is 19.3 Å². The quantitative estimate of drug-likeness (QED) is 0.507. The second-order valence-electron chi connectivity index (χ2n) is 6.70. The summed E-state index contributed by atoms with van der Waals surface area (Å²) in [4.78, 5) is 21.9. The maximum atomic E-state index is 13.3. The summed E-state index contributed by atoms with van der Waals surface area (Å²) in [5.74, 6) is 0.752. The van der Waals surface area contributed by atoms with Crippen molar-refractivity contribution in [1.82, 2.24) is 19.7 Å². The third-order valence-corrected chi connectivity index (χ3v) is 5.40. The number of nitrogens with zero attached hydrogens (tertiary/aromatic N) is 5. The molecule has 1 amide bonds. The molecule has 0 aliphatic rings. The van der Waals surface area contributed by atoms with Crippen molar-refractivity contribution in [3.63, 3.8) is 0 Å². The van der Waals surface area contributed by atoms with Gasteiger partial charge in [-0.25, -0.2) is 4.98 Å². The minimum atomic E-state index is -0.0674. The first-order valence-electron chi connectivity index (χ1n) is 9.55. The normalized spacial score (nSPS) is 10.9. The van der Waals surface area contributed by atoms with Gasteiger partial charge >= 0.3 is 0 Å². The number of carbonyl (C=O) groups is 1. The highest BCUT2D eigenvalue weighted by atomic mass is 35.5. The first-order valence-corrected chi connectivity index (χ1v) is 10.4. The number of aryl methyl sites for hydroxylation is 1. The van der Waals surface area contributed by atoms with Gasteiger partial charge in [-0.15, -0.1) is 12.4 Å². The first kappa shape index (κ1) is 23.1. The van der Waals surface area contributed by atoms with Gasteiger partial charge in [0.15, 0.2) is 5.13 Å². The largest absolute Gasteiger partial charge is 0.494 e. The number of amides is 1. The van der Waals surface area contributed by atoms with Crippen molar-refractivity contribution < 1.29 is 9.53 Å². The Morgan fingerprint density at radius 1 is 1.21 bits per heavy atom. The number of ether oxygens (including phenoxy) is 1. The Morgan fingerprint density at radius 3 is 2.69 bits per heavy atom. The van der Waals surface area contributed by atoms with E-state index < -0.39 is 0 Å². The molecule has 0 atom stereocenters. The maximum absolute atomic E-state index is 13.3. The lowest BCUT2D eigenvalue weighted by atomic mass is 10.3. The van der Waals surface area contributed by atoms with Crippen molar-refractivity contribution in [1.29, 1.82) is 0 Å². The van der Waals surface area contributed by atoms with E-state index in [2.05, 4.69) is 10.00 Å². The van der Waals surface area contributed by atoms with Gasteiger partial charge in [-0.1, -0.05) is 11.3 Å². The van der Waals surface area contributed by atoms with Gasteiger partial charge in [-0.3, -0.25) is 14.4 Å². The zero-order valence-electron chi connectivity index (χ0n) is 17.3. The third-order valence-electron chi connectivity index (χ3n) is 4.36. The van der Waals surface area contributed by atoms with Crippen LogP contribution < -0.4 is 9.64 Å². The summed E-state index contributed by atoms with van der Waals surface area (Å²) in [5.41, 5.74) is 1.46. The number of hydrogen-bond acceptors (Lipinski definition) is 6. The van der Waals surface area contributed by atoms with E-state index in [1.54, 1.807) is 21.8 Å². The van der Waals surface area contributed by atoms with E-state index >= 15 is 0 Å². The summed E-state index contributed by atoms with van der Waals surface area (Å²) in [6.07, 6.45) is 2.53. The van der Waals surface area contributed by atoms with Crippen LogP contribution in [-0.2, 0) is 6.54 Å². The predicted octanol–water partition coefficient (Wildman–Crippen LogP) is 3.93. The van der Waals surface area contributed by atoms with Crippen LogP contribution in [-0.4, -0.2) is 59.4 Å². The smallest absolute Gasteiger partial charge is 0.278 e. The fraction of sp³-hybridized carbons (Fsp3) is 0.450. The molecule has 1 aromatic carbocycles. The highest BCUT2D eigenvalue weighted by Gasteiger charge is 2.24. The van der Waals surface area contributed by atoms with Crippen molar-refractivity contribution in [2.75, 3.05) is 38.7 Å². The molecule has 9 heteroatoms. The molecular formula is C20H28ClN5O2S. The fourth-order valence-electron chi connectivity index (χ4n) is 3.00. The summed E-state index contributed by atoms with van der Waals surface area (Å²) in [6, 6.07) is 7.61. The number of carbonyl (C=O) groups excluding carboxylic acids is 1. The molecular weight excluding hydrogens is 410 g/mol. The minimum Gasteiger partial charge on any atom is -0.494 e. The van der Waals surface area contributed by atoms with Crippen LogP contribution in [0, 0.1) is 0 Å². The summed E-state index contributed by atoms with van der Waals surface area (Å²) in [6.45, 7) is 6.71. The van der Waals surface area contributed by atoms with Crippen LogP contribution in [0.15, 0.2) is 30.5 Å². The molecule has 158 valence electrons. The van der Waals surface area contributed by atoms with Crippen molar-refractivity contribution in [2.45, 2.75) is 26.8 Å². The molecule has 0 N–H and O–H groups in total. The second kappa shape index (κ2) is 10.6. The molecule has 0 bridgehead atoms. The average Bonchev–Trinajstić information content (AvgIpc) is 3.30. The predicted molar refractivity (Wildman–Crippen MR) is 121 cm³/mol. The number of anilines is 1. The molecule has 0 unspecified atom stereocenters. The molecule has 7 nitrogen and oxygen atoms in total.